The minimum Gasteiger partial charge on any atom is -0.334 e. The molecule has 5 nitrogen and oxygen atoms in total. The molecule has 110 valence electrons. The van der Waals surface area contributed by atoms with E-state index in [1.165, 1.54) is 18.4 Å². The van der Waals surface area contributed by atoms with Gasteiger partial charge in [0.05, 0.1) is 11.9 Å². The van der Waals surface area contributed by atoms with Gasteiger partial charge in [-0.15, -0.1) is 0 Å². The van der Waals surface area contributed by atoms with Crippen LogP contribution < -0.4 is 10.6 Å². The van der Waals surface area contributed by atoms with Gasteiger partial charge in [-0.05, 0) is 36.8 Å². The zero-order chi connectivity index (χ0) is 14.7. The molecular weight excluding hydrogens is 264 g/mol. The van der Waals surface area contributed by atoms with Crippen LogP contribution in [0.25, 0.3) is 0 Å². The molecule has 0 saturated heterocycles. The van der Waals surface area contributed by atoms with E-state index in [1.807, 2.05) is 13.1 Å². The maximum Gasteiger partial charge on any atom is 0.319 e. The number of nitrogens with zero attached hydrogens (tertiary/aromatic N) is 2. The summed E-state index contributed by atoms with van der Waals surface area (Å²) in [5.41, 5.74) is 3.23. The summed E-state index contributed by atoms with van der Waals surface area (Å²) in [6, 6.07) is 8.29. The van der Waals surface area contributed by atoms with E-state index >= 15 is 0 Å². The summed E-state index contributed by atoms with van der Waals surface area (Å²) in [4.78, 5) is 11.8. The van der Waals surface area contributed by atoms with Crippen LogP contribution in [0.4, 0.5) is 10.5 Å². The van der Waals surface area contributed by atoms with Crippen LogP contribution in [0.1, 0.15) is 36.8 Å². The topological polar surface area (TPSA) is 59.0 Å². The van der Waals surface area contributed by atoms with Crippen molar-refractivity contribution >= 4 is 11.7 Å². The fourth-order valence-corrected chi connectivity index (χ4v) is 2.28. The monoisotopic (exact) mass is 284 g/mol. The Bertz CT molecular complexity index is 613. The Morgan fingerprint density at radius 2 is 2.10 bits per heavy atom. The lowest BCUT2D eigenvalue weighted by molar-refractivity contribution is 0.251. The first kappa shape index (κ1) is 13.7. The van der Waals surface area contributed by atoms with E-state index in [4.69, 9.17) is 0 Å². The lowest BCUT2D eigenvalue weighted by Gasteiger charge is -2.07. The van der Waals surface area contributed by atoms with Gasteiger partial charge in [-0.1, -0.05) is 24.3 Å². The fraction of sp³-hybridized carbons (Fsp3) is 0.375. The summed E-state index contributed by atoms with van der Waals surface area (Å²) < 4.78 is 1.77. The summed E-state index contributed by atoms with van der Waals surface area (Å²) in [5, 5.41) is 9.74. The van der Waals surface area contributed by atoms with Crippen molar-refractivity contribution in [3.05, 3.63) is 47.8 Å². The molecule has 0 aliphatic heterocycles. The third-order valence-corrected chi connectivity index (χ3v) is 3.70. The number of aryl methyl sites for hydroxylation is 1. The molecule has 3 rings (SSSR count). The first-order valence-electron chi connectivity index (χ1n) is 7.40. The molecule has 1 aliphatic rings. The molecule has 21 heavy (non-hydrogen) atoms. The Morgan fingerprint density at radius 1 is 1.33 bits per heavy atom. The number of rotatable bonds is 5. The van der Waals surface area contributed by atoms with Gasteiger partial charge in [-0.2, -0.15) is 5.10 Å². The molecule has 2 N–H and O–H groups in total. The number of hydrogen-bond donors (Lipinski definition) is 2. The lowest BCUT2D eigenvalue weighted by atomic mass is 10.1. The lowest BCUT2D eigenvalue weighted by Crippen LogP contribution is -2.28. The molecule has 5 heteroatoms. The van der Waals surface area contributed by atoms with E-state index in [9.17, 15) is 4.79 Å². The Labute approximate surface area is 124 Å². The van der Waals surface area contributed by atoms with Crippen molar-refractivity contribution in [1.29, 1.82) is 0 Å². The van der Waals surface area contributed by atoms with E-state index in [0.717, 1.165) is 18.0 Å². The second kappa shape index (κ2) is 5.99. The van der Waals surface area contributed by atoms with Crippen LogP contribution in [0.15, 0.2) is 36.7 Å². The van der Waals surface area contributed by atoms with Crippen molar-refractivity contribution in [3.8, 4) is 0 Å². The van der Waals surface area contributed by atoms with Gasteiger partial charge in [0, 0.05) is 19.3 Å². The molecule has 0 bridgehead atoms. The van der Waals surface area contributed by atoms with Gasteiger partial charge in [0.1, 0.15) is 0 Å². The second-order valence-electron chi connectivity index (χ2n) is 5.41. The van der Waals surface area contributed by atoms with Crippen LogP contribution in [-0.2, 0) is 13.1 Å². The quantitative estimate of drug-likeness (QED) is 0.886. The Hall–Kier alpha value is -2.30. The highest BCUT2D eigenvalue weighted by molar-refractivity contribution is 5.88. The number of nitrogens with one attached hydrogen (secondary N) is 2. The van der Waals surface area contributed by atoms with E-state index in [0.29, 0.717) is 12.2 Å². The van der Waals surface area contributed by atoms with Crippen LogP contribution in [0.5, 0.6) is 0 Å². The average Bonchev–Trinajstić information content (AvgIpc) is 3.26. The fourth-order valence-electron chi connectivity index (χ4n) is 2.28. The SMILES string of the molecule is CCn1cc(NC(=O)NCc2ccc(C3CC3)cc2)cn1. The maximum absolute atomic E-state index is 11.8. The summed E-state index contributed by atoms with van der Waals surface area (Å²) >= 11 is 0. The molecule has 1 heterocycles. The van der Waals surface area contributed by atoms with Crippen LogP contribution in [0, 0.1) is 0 Å². The summed E-state index contributed by atoms with van der Waals surface area (Å²) in [6.45, 7) is 3.32. The zero-order valence-electron chi connectivity index (χ0n) is 12.2. The van der Waals surface area contributed by atoms with Gasteiger partial charge in [-0.25, -0.2) is 4.79 Å². The van der Waals surface area contributed by atoms with Crippen molar-refractivity contribution in [2.45, 2.75) is 38.8 Å². The largest absolute Gasteiger partial charge is 0.334 e. The highest BCUT2D eigenvalue weighted by Crippen LogP contribution is 2.39. The Kier molecular flexibility index (Phi) is 3.90. The number of benzene rings is 1. The van der Waals surface area contributed by atoms with Crippen molar-refractivity contribution in [2.75, 3.05) is 5.32 Å². The molecular formula is C16H20N4O. The number of carbonyl (C=O) groups is 1. The molecule has 0 atom stereocenters. The molecule has 1 aromatic heterocycles. The highest BCUT2D eigenvalue weighted by Gasteiger charge is 2.22. The van der Waals surface area contributed by atoms with Gasteiger partial charge in [0.15, 0.2) is 0 Å². The normalized spacial score (nSPS) is 14.0. The first-order valence-corrected chi connectivity index (χ1v) is 7.40. The summed E-state index contributed by atoms with van der Waals surface area (Å²) in [6.07, 6.45) is 6.08. The second-order valence-corrected chi connectivity index (χ2v) is 5.41. The third-order valence-electron chi connectivity index (χ3n) is 3.70. The van der Waals surface area contributed by atoms with Gasteiger partial charge in [-0.3, -0.25) is 4.68 Å². The molecule has 2 aromatic rings. The smallest absolute Gasteiger partial charge is 0.319 e. The first-order chi connectivity index (χ1) is 10.2. The van der Waals surface area contributed by atoms with E-state index in [-0.39, 0.29) is 6.03 Å². The summed E-state index contributed by atoms with van der Waals surface area (Å²) in [5.74, 6) is 0.769. The van der Waals surface area contributed by atoms with Gasteiger partial charge in [0.25, 0.3) is 0 Å². The summed E-state index contributed by atoms with van der Waals surface area (Å²) in [7, 11) is 0. The molecule has 0 spiro atoms. The van der Waals surface area contributed by atoms with Crippen LogP contribution in [0.3, 0.4) is 0 Å². The predicted molar refractivity (Wildman–Crippen MR) is 82.2 cm³/mol. The Balaban J connectivity index is 1.48. The van der Waals surface area contributed by atoms with Crippen molar-refractivity contribution in [3.63, 3.8) is 0 Å². The molecule has 1 saturated carbocycles. The predicted octanol–water partition coefficient (Wildman–Crippen LogP) is 3.10. The molecule has 1 fully saturated rings. The number of aromatic nitrogens is 2. The minimum absolute atomic E-state index is 0.211. The molecule has 0 unspecified atom stereocenters. The van der Waals surface area contributed by atoms with E-state index in [1.54, 1.807) is 10.9 Å². The van der Waals surface area contributed by atoms with Crippen molar-refractivity contribution in [1.82, 2.24) is 15.1 Å². The number of amides is 2. The molecule has 0 radical (unpaired) electrons. The maximum atomic E-state index is 11.8. The molecule has 1 aliphatic carbocycles. The van der Waals surface area contributed by atoms with Crippen LogP contribution in [-0.4, -0.2) is 15.8 Å². The number of carbonyl (C=O) groups excluding carboxylic acids is 1. The average molecular weight is 284 g/mol. The standard InChI is InChI=1S/C16H20N4O/c1-2-20-11-15(10-18-20)19-16(21)17-9-12-3-5-13(6-4-12)14-7-8-14/h3-6,10-11,14H,2,7-9H2,1H3,(H2,17,19,21). The number of hydrogen-bond acceptors (Lipinski definition) is 2. The third kappa shape index (κ3) is 3.62. The van der Waals surface area contributed by atoms with Gasteiger partial charge < -0.3 is 10.6 Å². The zero-order valence-corrected chi connectivity index (χ0v) is 12.2. The van der Waals surface area contributed by atoms with Crippen LogP contribution in [0.2, 0.25) is 0 Å². The van der Waals surface area contributed by atoms with Crippen molar-refractivity contribution < 1.29 is 4.79 Å². The number of anilines is 1. The molecule has 1 aromatic carbocycles. The highest BCUT2D eigenvalue weighted by atomic mass is 16.2. The van der Waals surface area contributed by atoms with Crippen LogP contribution >= 0.6 is 0 Å². The molecule has 2 amide bonds. The van der Waals surface area contributed by atoms with Gasteiger partial charge in [0.2, 0.25) is 0 Å². The minimum atomic E-state index is -0.211. The van der Waals surface area contributed by atoms with E-state index < -0.39 is 0 Å². The van der Waals surface area contributed by atoms with E-state index in [2.05, 4.69) is 40.0 Å². The van der Waals surface area contributed by atoms with Gasteiger partial charge >= 0.3 is 6.03 Å². The van der Waals surface area contributed by atoms with Crippen molar-refractivity contribution in [2.24, 2.45) is 0 Å². The number of urea groups is 1. The Morgan fingerprint density at radius 3 is 2.71 bits per heavy atom.